The second-order valence-corrected chi connectivity index (χ2v) is 7.83. The molecule has 0 amide bonds. The van der Waals surface area contributed by atoms with Gasteiger partial charge in [-0.15, -0.1) is 0 Å². The Hall–Kier alpha value is -1.86. The molecule has 1 aliphatic heterocycles. The molecule has 0 radical (unpaired) electrons. The first-order chi connectivity index (χ1) is 10.8. The molecule has 1 aromatic heterocycles. The quantitative estimate of drug-likeness (QED) is 0.927. The van der Waals surface area contributed by atoms with Crippen LogP contribution in [0.4, 0.5) is 0 Å². The van der Waals surface area contributed by atoms with Gasteiger partial charge in [-0.2, -0.15) is 4.31 Å². The molecule has 6 nitrogen and oxygen atoms in total. The molecule has 2 aromatic rings. The third-order valence-electron chi connectivity index (χ3n) is 4.64. The Morgan fingerprint density at radius 1 is 1.35 bits per heavy atom. The highest BCUT2D eigenvalue weighted by molar-refractivity contribution is 7.89. The van der Waals surface area contributed by atoms with Crippen molar-refractivity contribution in [3.63, 3.8) is 0 Å². The predicted octanol–water partition coefficient (Wildman–Crippen LogP) is 2.11. The number of para-hydroxylation sites is 1. The fraction of sp³-hybridized carbons (Fsp3) is 0.438. The Bertz CT molecular complexity index is 870. The molecule has 1 N–H and O–H groups in total. The summed E-state index contributed by atoms with van der Waals surface area (Å²) in [5, 5.41) is 9.72. The van der Waals surface area contributed by atoms with Crippen LogP contribution in [0, 0.1) is 6.92 Å². The van der Waals surface area contributed by atoms with E-state index >= 15 is 0 Å². The number of benzene rings is 1. The van der Waals surface area contributed by atoms with Gasteiger partial charge in [0.2, 0.25) is 10.0 Å². The zero-order chi connectivity index (χ0) is 16.8. The number of carbonyl (C=O) groups is 1. The zero-order valence-electron chi connectivity index (χ0n) is 13.2. The van der Waals surface area contributed by atoms with Gasteiger partial charge in [-0.1, -0.05) is 18.2 Å². The van der Waals surface area contributed by atoms with Crippen LogP contribution in [0.2, 0.25) is 0 Å². The van der Waals surface area contributed by atoms with Crippen LogP contribution >= 0.6 is 0 Å². The first-order valence-corrected chi connectivity index (χ1v) is 9.05. The van der Waals surface area contributed by atoms with Gasteiger partial charge in [-0.3, -0.25) is 4.79 Å². The van der Waals surface area contributed by atoms with Gasteiger partial charge in [-0.25, -0.2) is 8.42 Å². The van der Waals surface area contributed by atoms with Crippen LogP contribution in [0.25, 0.3) is 10.9 Å². The average Bonchev–Trinajstić information content (AvgIpc) is 3.04. The summed E-state index contributed by atoms with van der Waals surface area (Å²) in [6.07, 6.45) is 1.14. The molecule has 0 spiro atoms. The lowest BCUT2D eigenvalue weighted by atomic mass is 10.2. The summed E-state index contributed by atoms with van der Waals surface area (Å²) in [7, 11) is -1.88. The number of sulfonamides is 1. The van der Waals surface area contributed by atoms with Crippen molar-refractivity contribution < 1.29 is 18.3 Å². The number of carboxylic acid groups (broad SMARTS) is 1. The fourth-order valence-electron chi connectivity index (χ4n) is 3.46. The molecule has 7 heteroatoms. The van der Waals surface area contributed by atoms with E-state index in [9.17, 15) is 13.2 Å². The van der Waals surface area contributed by atoms with E-state index in [1.165, 1.54) is 4.31 Å². The maximum Gasteiger partial charge on any atom is 0.304 e. The number of aliphatic carboxylic acids is 1. The molecule has 23 heavy (non-hydrogen) atoms. The van der Waals surface area contributed by atoms with Gasteiger partial charge in [0.1, 0.15) is 4.90 Å². The molecule has 1 fully saturated rings. The van der Waals surface area contributed by atoms with E-state index < -0.39 is 22.0 Å². The first-order valence-electron chi connectivity index (χ1n) is 7.61. The Morgan fingerprint density at radius 2 is 2.04 bits per heavy atom. The van der Waals surface area contributed by atoms with Crippen molar-refractivity contribution in [2.75, 3.05) is 6.54 Å². The zero-order valence-corrected chi connectivity index (χ0v) is 14.0. The van der Waals surface area contributed by atoms with Gasteiger partial charge in [0, 0.05) is 36.2 Å². The van der Waals surface area contributed by atoms with Crippen molar-refractivity contribution in [2.24, 2.45) is 7.05 Å². The molecular formula is C16H20N2O4S. The van der Waals surface area contributed by atoms with Crippen molar-refractivity contribution in [3.8, 4) is 0 Å². The molecule has 3 rings (SSSR count). The maximum atomic E-state index is 13.2. The third-order valence-corrected chi connectivity index (χ3v) is 6.77. The Kier molecular flexibility index (Phi) is 3.93. The normalized spacial score (nSPS) is 19.5. The summed E-state index contributed by atoms with van der Waals surface area (Å²) in [5.41, 5.74) is 1.53. The highest BCUT2D eigenvalue weighted by Crippen LogP contribution is 2.35. The van der Waals surface area contributed by atoms with Gasteiger partial charge in [0.25, 0.3) is 0 Å². The van der Waals surface area contributed by atoms with Crippen LogP contribution in [0.5, 0.6) is 0 Å². The van der Waals surface area contributed by atoms with E-state index in [-0.39, 0.29) is 6.42 Å². The van der Waals surface area contributed by atoms with E-state index in [1.807, 2.05) is 29.8 Å². The second-order valence-electron chi connectivity index (χ2n) is 6.00. The summed E-state index contributed by atoms with van der Waals surface area (Å²) in [4.78, 5) is 11.3. The molecule has 0 unspecified atom stereocenters. The van der Waals surface area contributed by atoms with Crippen LogP contribution in [-0.2, 0) is 21.9 Å². The van der Waals surface area contributed by atoms with Gasteiger partial charge < -0.3 is 9.67 Å². The SMILES string of the molecule is Cc1c(S(=O)(=O)N2CCC[C@@H]2CC(=O)O)c2ccccc2n1C. The van der Waals surface area contributed by atoms with Crippen molar-refractivity contribution in [2.45, 2.75) is 37.1 Å². The molecule has 0 aliphatic carbocycles. The van der Waals surface area contributed by atoms with Crippen molar-refractivity contribution >= 4 is 26.9 Å². The maximum absolute atomic E-state index is 13.2. The Morgan fingerprint density at radius 3 is 2.74 bits per heavy atom. The van der Waals surface area contributed by atoms with E-state index in [0.29, 0.717) is 35.4 Å². The number of rotatable bonds is 4. The summed E-state index contributed by atoms with van der Waals surface area (Å²) < 4.78 is 29.6. The third kappa shape index (κ3) is 2.53. The van der Waals surface area contributed by atoms with Gasteiger partial charge in [0.15, 0.2) is 0 Å². The van der Waals surface area contributed by atoms with Gasteiger partial charge in [0.05, 0.1) is 6.42 Å². The van der Waals surface area contributed by atoms with E-state index in [2.05, 4.69) is 0 Å². The van der Waals surface area contributed by atoms with E-state index in [4.69, 9.17) is 5.11 Å². The molecule has 1 aliphatic rings. The minimum Gasteiger partial charge on any atom is -0.481 e. The Labute approximate surface area is 135 Å². The number of hydrogen-bond donors (Lipinski definition) is 1. The monoisotopic (exact) mass is 336 g/mol. The lowest BCUT2D eigenvalue weighted by Crippen LogP contribution is -2.37. The molecule has 0 saturated carbocycles. The number of fused-ring (bicyclic) bond motifs is 1. The lowest BCUT2D eigenvalue weighted by Gasteiger charge is -2.23. The smallest absolute Gasteiger partial charge is 0.304 e. The van der Waals surface area contributed by atoms with Crippen molar-refractivity contribution in [3.05, 3.63) is 30.0 Å². The van der Waals surface area contributed by atoms with E-state index in [1.54, 1.807) is 13.0 Å². The topological polar surface area (TPSA) is 79.6 Å². The lowest BCUT2D eigenvalue weighted by molar-refractivity contribution is -0.137. The summed E-state index contributed by atoms with van der Waals surface area (Å²) in [6.45, 7) is 2.16. The van der Waals surface area contributed by atoms with E-state index in [0.717, 1.165) is 5.52 Å². The largest absolute Gasteiger partial charge is 0.481 e. The minimum absolute atomic E-state index is 0.150. The highest BCUT2D eigenvalue weighted by atomic mass is 32.2. The number of carboxylic acids is 1. The second kappa shape index (κ2) is 5.65. The molecule has 124 valence electrons. The van der Waals surface area contributed by atoms with Gasteiger partial charge >= 0.3 is 5.97 Å². The van der Waals surface area contributed by atoms with Crippen LogP contribution in [0.1, 0.15) is 25.0 Å². The highest BCUT2D eigenvalue weighted by Gasteiger charge is 2.38. The van der Waals surface area contributed by atoms with Crippen LogP contribution < -0.4 is 0 Å². The van der Waals surface area contributed by atoms with Crippen molar-refractivity contribution in [1.82, 2.24) is 8.87 Å². The first kappa shape index (κ1) is 16.0. The summed E-state index contributed by atoms with van der Waals surface area (Å²) >= 11 is 0. The van der Waals surface area contributed by atoms with Crippen LogP contribution in [0.15, 0.2) is 29.2 Å². The molecule has 1 aromatic carbocycles. The summed E-state index contributed by atoms with van der Waals surface area (Å²) in [5.74, 6) is -0.966. The number of aryl methyl sites for hydroxylation is 1. The molecular weight excluding hydrogens is 316 g/mol. The fourth-order valence-corrected chi connectivity index (χ4v) is 5.60. The predicted molar refractivity (Wildman–Crippen MR) is 86.8 cm³/mol. The molecule has 0 bridgehead atoms. The average molecular weight is 336 g/mol. The molecule has 2 heterocycles. The Balaban J connectivity index is 2.14. The number of hydrogen-bond acceptors (Lipinski definition) is 3. The number of aromatic nitrogens is 1. The van der Waals surface area contributed by atoms with Crippen LogP contribution in [0.3, 0.4) is 0 Å². The molecule has 1 saturated heterocycles. The number of nitrogens with zero attached hydrogens (tertiary/aromatic N) is 2. The van der Waals surface area contributed by atoms with Gasteiger partial charge in [-0.05, 0) is 25.8 Å². The summed E-state index contributed by atoms with van der Waals surface area (Å²) in [6, 6.07) is 6.93. The van der Waals surface area contributed by atoms with Crippen molar-refractivity contribution in [1.29, 1.82) is 0 Å². The minimum atomic E-state index is -3.72. The molecule has 1 atom stereocenters. The standard InChI is InChI=1S/C16H20N2O4S/c1-11-16(13-7-3-4-8-14(13)17(11)2)23(21,22)18-9-5-6-12(18)10-15(19)20/h3-4,7-8,12H,5-6,9-10H2,1-2H3,(H,19,20)/t12-/m1/s1. The van der Waals surface area contributed by atoms with Crippen LogP contribution in [-0.4, -0.2) is 41.0 Å².